The summed E-state index contributed by atoms with van der Waals surface area (Å²) in [5, 5.41) is 11.6. The van der Waals surface area contributed by atoms with Gasteiger partial charge in [0.25, 0.3) is 0 Å². The molecule has 0 bridgehead atoms. The maximum atomic E-state index is 12.8. The van der Waals surface area contributed by atoms with Crippen molar-refractivity contribution in [3.63, 3.8) is 0 Å². The van der Waals surface area contributed by atoms with E-state index in [0.29, 0.717) is 6.42 Å². The average molecular weight is 295 g/mol. The Kier molecular flexibility index (Phi) is 6.85. The monoisotopic (exact) mass is 295 g/mol. The lowest BCUT2D eigenvalue weighted by Gasteiger charge is -2.14. The van der Waals surface area contributed by atoms with Crippen molar-refractivity contribution < 1.29 is 19.1 Å². The number of amides is 1. The lowest BCUT2D eigenvalue weighted by Crippen LogP contribution is -2.33. The molecule has 21 heavy (non-hydrogen) atoms. The van der Waals surface area contributed by atoms with Crippen molar-refractivity contribution >= 4 is 11.9 Å². The van der Waals surface area contributed by atoms with Gasteiger partial charge in [0.2, 0.25) is 5.91 Å². The van der Waals surface area contributed by atoms with Gasteiger partial charge in [0, 0.05) is 6.04 Å². The van der Waals surface area contributed by atoms with Gasteiger partial charge in [-0.3, -0.25) is 9.59 Å². The minimum Gasteiger partial charge on any atom is -0.481 e. The van der Waals surface area contributed by atoms with Crippen LogP contribution in [0.2, 0.25) is 0 Å². The van der Waals surface area contributed by atoms with E-state index < -0.39 is 5.97 Å². The van der Waals surface area contributed by atoms with Crippen LogP contribution >= 0.6 is 0 Å². The summed E-state index contributed by atoms with van der Waals surface area (Å²) in [7, 11) is 0. The van der Waals surface area contributed by atoms with Crippen molar-refractivity contribution in [1.29, 1.82) is 0 Å². The second-order valence-electron chi connectivity index (χ2n) is 5.44. The quantitative estimate of drug-likeness (QED) is 0.775. The molecule has 0 aliphatic carbocycles. The Morgan fingerprint density at radius 1 is 1.19 bits per heavy atom. The van der Waals surface area contributed by atoms with Gasteiger partial charge < -0.3 is 10.4 Å². The fourth-order valence-electron chi connectivity index (χ4n) is 2.04. The molecule has 0 aromatic heterocycles. The van der Waals surface area contributed by atoms with Crippen molar-refractivity contribution in [2.45, 2.75) is 45.6 Å². The minimum absolute atomic E-state index is 0.000978. The van der Waals surface area contributed by atoms with Gasteiger partial charge in [0.05, 0.1) is 12.3 Å². The number of hydrogen-bond acceptors (Lipinski definition) is 2. The molecule has 4 nitrogen and oxygen atoms in total. The Morgan fingerprint density at radius 2 is 1.81 bits per heavy atom. The van der Waals surface area contributed by atoms with Crippen LogP contribution in [0.25, 0.3) is 0 Å². The van der Waals surface area contributed by atoms with Crippen LogP contribution in [-0.2, 0) is 16.0 Å². The summed E-state index contributed by atoms with van der Waals surface area (Å²) >= 11 is 0. The highest BCUT2D eigenvalue weighted by atomic mass is 19.1. The SMILES string of the molecule is CC(CCCC(C)C(=O)O)NC(=O)Cc1ccc(F)cc1. The number of halogens is 1. The van der Waals surface area contributed by atoms with E-state index in [-0.39, 0.29) is 30.1 Å². The predicted octanol–water partition coefficient (Wildman–Crippen LogP) is 2.76. The number of carboxylic acid groups (broad SMARTS) is 1. The van der Waals surface area contributed by atoms with E-state index in [9.17, 15) is 14.0 Å². The molecule has 5 heteroatoms. The van der Waals surface area contributed by atoms with E-state index in [1.807, 2.05) is 6.92 Å². The molecule has 1 aromatic rings. The third-order valence-electron chi connectivity index (χ3n) is 3.38. The van der Waals surface area contributed by atoms with Crippen molar-refractivity contribution in [3.8, 4) is 0 Å². The van der Waals surface area contributed by atoms with Gasteiger partial charge in [-0.1, -0.05) is 25.5 Å². The van der Waals surface area contributed by atoms with Gasteiger partial charge in [0.1, 0.15) is 5.82 Å². The lowest BCUT2D eigenvalue weighted by molar-refractivity contribution is -0.141. The first-order chi connectivity index (χ1) is 9.88. The number of nitrogens with one attached hydrogen (secondary N) is 1. The zero-order valence-corrected chi connectivity index (χ0v) is 12.4. The largest absolute Gasteiger partial charge is 0.481 e. The molecule has 0 saturated heterocycles. The number of carbonyl (C=O) groups excluding carboxylic acids is 1. The van der Waals surface area contributed by atoms with E-state index >= 15 is 0 Å². The topological polar surface area (TPSA) is 66.4 Å². The summed E-state index contributed by atoms with van der Waals surface area (Å²) in [6, 6.07) is 5.85. The number of carbonyl (C=O) groups is 2. The summed E-state index contributed by atoms with van der Waals surface area (Å²) in [4.78, 5) is 22.5. The van der Waals surface area contributed by atoms with Gasteiger partial charge in [-0.05, 0) is 37.5 Å². The van der Waals surface area contributed by atoms with Gasteiger partial charge in [0.15, 0.2) is 0 Å². The first-order valence-corrected chi connectivity index (χ1v) is 7.15. The van der Waals surface area contributed by atoms with Crippen LogP contribution in [0, 0.1) is 11.7 Å². The van der Waals surface area contributed by atoms with E-state index in [4.69, 9.17) is 5.11 Å². The normalized spacial score (nSPS) is 13.5. The first kappa shape index (κ1) is 17.1. The Bertz CT molecular complexity index is 473. The maximum absolute atomic E-state index is 12.8. The minimum atomic E-state index is -0.789. The summed E-state index contributed by atoms with van der Waals surface area (Å²) in [6.07, 6.45) is 2.32. The zero-order valence-electron chi connectivity index (χ0n) is 12.4. The van der Waals surface area contributed by atoms with Crippen LogP contribution in [0.5, 0.6) is 0 Å². The molecule has 2 N–H and O–H groups in total. The third-order valence-corrected chi connectivity index (χ3v) is 3.38. The van der Waals surface area contributed by atoms with Crippen LogP contribution in [0.4, 0.5) is 4.39 Å². The highest BCUT2D eigenvalue weighted by Gasteiger charge is 2.12. The average Bonchev–Trinajstić information content (AvgIpc) is 2.41. The van der Waals surface area contributed by atoms with E-state index in [0.717, 1.165) is 18.4 Å². The molecule has 0 fully saturated rings. The molecular weight excluding hydrogens is 273 g/mol. The zero-order chi connectivity index (χ0) is 15.8. The molecule has 1 amide bonds. The first-order valence-electron chi connectivity index (χ1n) is 7.15. The Labute approximate surface area is 124 Å². The van der Waals surface area contributed by atoms with Crippen LogP contribution in [-0.4, -0.2) is 23.0 Å². The second-order valence-corrected chi connectivity index (χ2v) is 5.44. The summed E-state index contributed by atoms with van der Waals surface area (Å²) < 4.78 is 12.8. The summed E-state index contributed by atoms with van der Waals surface area (Å²) in [5.74, 6) is -1.57. The number of hydrogen-bond donors (Lipinski definition) is 2. The van der Waals surface area contributed by atoms with Crippen molar-refractivity contribution in [2.75, 3.05) is 0 Å². The molecular formula is C16H22FNO3. The highest BCUT2D eigenvalue weighted by Crippen LogP contribution is 2.10. The summed E-state index contributed by atoms with van der Waals surface area (Å²) in [5.41, 5.74) is 0.764. The Hall–Kier alpha value is -1.91. The fraction of sp³-hybridized carbons (Fsp3) is 0.500. The molecule has 2 atom stereocenters. The van der Waals surface area contributed by atoms with Crippen LogP contribution < -0.4 is 5.32 Å². The van der Waals surface area contributed by atoms with Gasteiger partial charge in [-0.2, -0.15) is 0 Å². The predicted molar refractivity (Wildman–Crippen MR) is 78.4 cm³/mol. The Balaban J connectivity index is 2.27. The van der Waals surface area contributed by atoms with Crippen LogP contribution in [0.1, 0.15) is 38.7 Å². The van der Waals surface area contributed by atoms with Crippen molar-refractivity contribution in [3.05, 3.63) is 35.6 Å². The highest BCUT2D eigenvalue weighted by molar-refractivity contribution is 5.78. The van der Waals surface area contributed by atoms with E-state index in [1.54, 1.807) is 19.1 Å². The molecule has 0 spiro atoms. The summed E-state index contributed by atoms with van der Waals surface area (Å²) in [6.45, 7) is 3.58. The standard InChI is InChI=1S/C16H22FNO3/c1-11(16(20)21)4-3-5-12(2)18-15(19)10-13-6-8-14(17)9-7-13/h6-9,11-12H,3-5,10H2,1-2H3,(H,18,19)(H,20,21). The number of rotatable bonds is 8. The second kappa shape index (κ2) is 8.39. The van der Waals surface area contributed by atoms with Crippen LogP contribution in [0.15, 0.2) is 24.3 Å². The van der Waals surface area contributed by atoms with E-state index in [1.165, 1.54) is 12.1 Å². The lowest BCUT2D eigenvalue weighted by atomic mass is 10.0. The molecule has 2 unspecified atom stereocenters. The molecule has 0 heterocycles. The van der Waals surface area contributed by atoms with Crippen molar-refractivity contribution in [1.82, 2.24) is 5.32 Å². The van der Waals surface area contributed by atoms with Gasteiger partial charge in [-0.25, -0.2) is 4.39 Å². The molecule has 0 radical (unpaired) electrons. The number of carboxylic acids is 1. The molecule has 116 valence electrons. The van der Waals surface area contributed by atoms with Crippen molar-refractivity contribution in [2.24, 2.45) is 5.92 Å². The molecule has 1 rings (SSSR count). The van der Waals surface area contributed by atoms with E-state index in [2.05, 4.69) is 5.32 Å². The van der Waals surface area contributed by atoms with Crippen LogP contribution in [0.3, 0.4) is 0 Å². The number of benzene rings is 1. The third kappa shape index (κ3) is 6.88. The smallest absolute Gasteiger partial charge is 0.306 e. The fourth-order valence-corrected chi connectivity index (χ4v) is 2.04. The Morgan fingerprint density at radius 3 is 2.38 bits per heavy atom. The maximum Gasteiger partial charge on any atom is 0.306 e. The van der Waals surface area contributed by atoms with Gasteiger partial charge >= 0.3 is 5.97 Å². The molecule has 0 saturated carbocycles. The molecule has 0 aliphatic heterocycles. The van der Waals surface area contributed by atoms with Gasteiger partial charge in [-0.15, -0.1) is 0 Å². The molecule has 0 aliphatic rings. The molecule has 1 aromatic carbocycles. The number of aliphatic carboxylic acids is 1.